The second-order valence-corrected chi connectivity index (χ2v) is 7.34. The Hall–Kier alpha value is -4.01. The maximum atomic E-state index is 14.9. The molecule has 8 nitrogen and oxygen atoms in total. The summed E-state index contributed by atoms with van der Waals surface area (Å²) in [5, 5.41) is 7.62. The Bertz CT molecular complexity index is 1180. The lowest BCUT2D eigenvalue weighted by atomic mass is 10.0. The third-order valence-corrected chi connectivity index (χ3v) is 5.19. The minimum atomic E-state index is -0.499. The highest BCUT2D eigenvalue weighted by Crippen LogP contribution is 2.29. The van der Waals surface area contributed by atoms with Crippen molar-refractivity contribution < 1.29 is 13.9 Å². The van der Waals surface area contributed by atoms with Crippen LogP contribution in [0.25, 0.3) is 11.1 Å². The molecule has 1 fully saturated rings. The monoisotopic (exact) mass is 418 g/mol. The predicted molar refractivity (Wildman–Crippen MR) is 111 cm³/mol. The summed E-state index contributed by atoms with van der Waals surface area (Å²) in [4.78, 5) is 17.7. The summed E-state index contributed by atoms with van der Waals surface area (Å²) in [6, 6.07) is 12.5. The van der Waals surface area contributed by atoms with E-state index in [1.165, 1.54) is 11.0 Å². The summed E-state index contributed by atoms with van der Waals surface area (Å²) in [5.74, 6) is -0.396. The van der Waals surface area contributed by atoms with Crippen molar-refractivity contribution >= 4 is 11.8 Å². The van der Waals surface area contributed by atoms with Crippen molar-refractivity contribution in [1.82, 2.24) is 24.5 Å². The third kappa shape index (κ3) is 4.02. The maximum Gasteiger partial charge on any atom is 0.414 e. The van der Waals surface area contributed by atoms with Gasteiger partial charge in [-0.15, -0.1) is 5.10 Å². The van der Waals surface area contributed by atoms with E-state index in [0.29, 0.717) is 30.9 Å². The predicted octanol–water partition coefficient (Wildman–Crippen LogP) is 3.35. The van der Waals surface area contributed by atoms with Gasteiger partial charge in [0.15, 0.2) is 0 Å². The number of hydrogen-bond acceptors (Lipinski definition) is 5. The van der Waals surface area contributed by atoms with Gasteiger partial charge in [0, 0.05) is 30.7 Å². The lowest BCUT2D eigenvalue weighted by Crippen LogP contribution is -2.26. The normalized spacial score (nSPS) is 16.0. The number of cyclic esters (lactones) is 1. The first-order valence-corrected chi connectivity index (χ1v) is 9.82. The van der Waals surface area contributed by atoms with Gasteiger partial charge in [0.1, 0.15) is 11.9 Å². The number of benzene rings is 2. The standard InChI is InChI=1S/C22H19FN6O2/c23-21-11-18(29-14-19(31-22(29)30)13-28-10-8-25-26-28)5-6-20(21)17-3-1-16(2-4-17)12-27-9-7-24-15-27/h1-11,15,19H,12-14H2. The van der Waals surface area contributed by atoms with Gasteiger partial charge in [0.05, 0.1) is 31.3 Å². The molecule has 0 bridgehead atoms. The average Bonchev–Trinajstić information content (AvgIpc) is 3.52. The fourth-order valence-electron chi connectivity index (χ4n) is 3.65. The smallest absolute Gasteiger partial charge is 0.414 e. The number of rotatable bonds is 6. The molecule has 0 radical (unpaired) electrons. The second-order valence-electron chi connectivity index (χ2n) is 7.34. The SMILES string of the molecule is O=C1OC(Cn2ccnn2)CN1c1ccc(-c2ccc(Cn3ccnc3)cc2)c(F)c1. The molecular weight excluding hydrogens is 399 g/mol. The highest BCUT2D eigenvalue weighted by atomic mass is 19.1. The Morgan fingerprint density at radius 1 is 1.10 bits per heavy atom. The zero-order chi connectivity index (χ0) is 21.2. The number of aromatic nitrogens is 5. The molecule has 1 saturated heterocycles. The molecule has 0 spiro atoms. The van der Waals surface area contributed by atoms with E-state index in [-0.39, 0.29) is 6.10 Å². The van der Waals surface area contributed by atoms with E-state index in [2.05, 4.69) is 15.3 Å². The Kier molecular flexibility index (Phi) is 4.91. The fourth-order valence-corrected chi connectivity index (χ4v) is 3.65. The molecule has 0 saturated carbocycles. The van der Waals surface area contributed by atoms with Gasteiger partial charge in [-0.1, -0.05) is 29.5 Å². The number of halogens is 1. The molecule has 31 heavy (non-hydrogen) atoms. The molecule has 1 aliphatic rings. The lowest BCUT2D eigenvalue weighted by molar-refractivity contribution is 0.129. The van der Waals surface area contributed by atoms with E-state index in [4.69, 9.17) is 4.74 Å². The number of carbonyl (C=O) groups excluding carboxylic acids is 1. The highest BCUT2D eigenvalue weighted by Gasteiger charge is 2.33. The van der Waals surface area contributed by atoms with Crippen LogP contribution in [0.1, 0.15) is 5.56 Å². The van der Waals surface area contributed by atoms with Gasteiger partial charge in [-0.2, -0.15) is 0 Å². The summed E-state index contributed by atoms with van der Waals surface area (Å²) >= 11 is 0. The summed E-state index contributed by atoms with van der Waals surface area (Å²) in [5.41, 5.74) is 2.80. The summed E-state index contributed by atoms with van der Waals surface area (Å²) in [6.07, 6.45) is 7.77. The molecule has 2 aromatic carbocycles. The molecular formula is C22H19FN6O2. The number of amides is 1. The molecule has 1 atom stereocenters. The molecule has 2 aromatic heterocycles. The van der Waals surface area contributed by atoms with Crippen molar-refractivity contribution in [1.29, 1.82) is 0 Å². The van der Waals surface area contributed by atoms with Crippen molar-refractivity contribution in [3.63, 3.8) is 0 Å². The van der Waals surface area contributed by atoms with Crippen molar-refractivity contribution in [3.05, 3.63) is 85.0 Å². The molecule has 1 unspecified atom stereocenters. The van der Waals surface area contributed by atoms with Crippen LogP contribution in [0.2, 0.25) is 0 Å². The molecule has 0 N–H and O–H groups in total. The largest absolute Gasteiger partial charge is 0.442 e. The van der Waals surface area contributed by atoms with E-state index in [9.17, 15) is 9.18 Å². The Morgan fingerprint density at radius 2 is 1.97 bits per heavy atom. The van der Waals surface area contributed by atoms with Crippen LogP contribution < -0.4 is 4.90 Å². The first-order chi connectivity index (χ1) is 15.2. The van der Waals surface area contributed by atoms with Crippen LogP contribution in [0.5, 0.6) is 0 Å². The van der Waals surface area contributed by atoms with E-state index in [0.717, 1.165) is 11.1 Å². The first kappa shape index (κ1) is 19.0. The van der Waals surface area contributed by atoms with Gasteiger partial charge in [0.25, 0.3) is 0 Å². The van der Waals surface area contributed by atoms with Gasteiger partial charge in [-0.25, -0.2) is 18.9 Å². The molecule has 0 aliphatic carbocycles. The molecule has 4 aromatic rings. The van der Waals surface area contributed by atoms with E-state index >= 15 is 0 Å². The van der Waals surface area contributed by atoms with Crippen LogP contribution in [0.3, 0.4) is 0 Å². The minimum absolute atomic E-state index is 0.320. The number of anilines is 1. The number of hydrogen-bond donors (Lipinski definition) is 0. The van der Waals surface area contributed by atoms with Gasteiger partial charge >= 0.3 is 6.09 Å². The van der Waals surface area contributed by atoms with Crippen molar-refractivity contribution in [2.24, 2.45) is 0 Å². The zero-order valence-electron chi connectivity index (χ0n) is 16.5. The van der Waals surface area contributed by atoms with Gasteiger partial charge in [0.2, 0.25) is 0 Å². The Labute approximate surface area is 177 Å². The van der Waals surface area contributed by atoms with Crippen LogP contribution in [0.4, 0.5) is 14.9 Å². The minimum Gasteiger partial charge on any atom is -0.442 e. The van der Waals surface area contributed by atoms with Crippen molar-refractivity contribution in [2.45, 2.75) is 19.2 Å². The van der Waals surface area contributed by atoms with Crippen LogP contribution in [-0.2, 0) is 17.8 Å². The van der Waals surface area contributed by atoms with Crippen LogP contribution in [0, 0.1) is 5.82 Å². The first-order valence-electron chi connectivity index (χ1n) is 9.82. The van der Waals surface area contributed by atoms with Gasteiger partial charge < -0.3 is 9.30 Å². The average molecular weight is 418 g/mol. The zero-order valence-corrected chi connectivity index (χ0v) is 16.5. The van der Waals surface area contributed by atoms with Crippen molar-refractivity contribution in [3.8, 4) is 11.1 Å². The Balaban J connectivity index is 1.30. The maximum absolute atomic E-state index is 14.9. The van der Waals surface area contributed by atoms with Crippen LogP contribution in [0.15, 0.2) is 73.6 Å². The number of carbonyl (C=O) groups is 1. The fraction of sp³-hybridized carbons (Fsp3) is 0.182. The van der Waals surface area contributed by atoms with Crippen LogP contribution in [-0.4, -0.2) is 43.3 Å². The molecule has 9 heteroatoms. The van der Waals surface area contributed by atoms with Gasteiger partial charge in [-0.05, 0) is 29.3 Å². The van der Waals surface area contributed by atoms with E-state index < -0.39 is 11.9 Å². The molecule has 5 rings (SSSR count). The van der Waals surface area contributed by atoms with Crippen molar-refractivity contribution in [2.75, 3.05) is 11.4 Å². The molecule has 1 amide bonds. The molecule has 156 valence electrons. The lowest BCUT2D eigenvalue weighted by Gasteiger charge is -2.14. The van der Waals surface area contributed by atoms with E-state index in [1.54, 1.807) is 41.7 Å². The highest BCUT2D eigenvalue weighted by molar-refractivity contribution is 5.90. The van der Waals surface area contributed by atoms with Crippen LogP contribution >= 0.6 is 0 Å². The second kappa shape index (κ2) is 8.02. The Morgan fingerprint density at radius 3 is 2.68 bits per heavy atom. The number of nitrogens with zero attached hydrogens (tertiary/aromatic N) is 6. The summed E-state index contributed by atoms with van der Waals surface area (Å²) in [7, 11) is 0. The number of ether oxygens (including phenoxy) is 1. The summed E-state index contributed by atoms with van der Waals surface area (Å²) < 4.78 is 23.9. The van der Waals surface area contributed by atoms with E-state index in [1.807, 2.05) is 35.0 Å². The third-order valence-electron chi connectivity index (χ3n) is 5.19. The quantitative estimate of drug-likeness (QED) is 0.480. The number of imidazole rings is 1. The van der Waals surface area contributed by atoms with Gasteiger partial charge in [-0.3, -0.25) is 4.90 Å². The molecule has 3 heterocycles. The topological polar surface area (TPSA) is 78.1 Å². The molecule has 1 aliphatic heterocycles. The summed E-state index contributed by atoms with van der Waals surface area (Å²) in [6.45, 7) is 1.42.